The number of rotatable bonds is 12. The Hall–Kier alpha value is -1.79. The maximum atomic E-state index is 11.2. The second-order valence-corrected chi connectivity index (χ2v) is 4.90. The van der Waals surface area contributed by atoms with E-state index < -0.39 is 5.97 Å². The Labute approximate surface area is 131 Å². The minimum atomic E-state index is -0.964. The number of anilines is 1. The van der Waals surface area contributed by atoms with Crippen LogP contribution in [0.1, 0.15) is 30.1 Å². The molecule has 22 heavy (non-hydrogen) atoms. The van der Waals surface area contributed by atoms with Gasteiger partial charge in [-0.1, -0.05) is 13.3 Å². The fourth-order valence-electron chi connectivity index (χ4n) is 1.79. The Morgan fingerprint density at radius 2 is 1.95 bits per heavy atom. The van der Waals surface area contributed by atoms with E-state index in [9.17, 15) is 4.79 Å². The van der Waals surface area contributed by atoms with E-state index >= 15 is 0 Å². The second-order valence-electron chi connectivity index (χ2n) is 4.90. The largest absolute Gasteiger partial charge is 0.493 e. The van der Waals surface area contributed by atoms with Gasteiger partial charge in [0.15, 0.2) is 0 Å². The third kappa shape index (κ3) is 7.28. The van der Waals surface area contributed by atoms with E-state index in [4.69, 9.17) is 14.6 Å². The minimum Gasteiger partial charge on any atom is -0.493 e. The molecule has 0 aliphatic rings. The maximum absolute atomic E-state index is 11.2. The Morgan fingerprint density at radius 3 is 2.64 bits per heavy atom. The molecule has 0 amide bonds. The number of aromatic carboxylic acids is 1. The molecule has 0 heterocycles. The van der Waals surface area contributed by atoms with Crippen LogP contribution >= 0.6 is 0 Å². The van der Waals surface area contributed by atoms with Crippen molar-refractivity contribution < 1.29 is 19.4 Å². The van der Waals surface area contributed by atoms with E-state index in [1.807, 2.05) is 13.1 Å². The number of nitrogens with one attached hydrogen (secondary N) is 2. The number of likely N-dealkylation sites (N-methyl/N-ethyl adjacent to an activating group) is 1. The standard InChI is InChI=1S/C16H26N2O4/c1-3-4-7-22-15-11-13(16(19)20)10-14(12-15)18-6-9-21-8-5-17-2/h10-12,17-18H,3-9H2,1-2H3,(H,19,20). The highest BCUT2D eigenvalue weighted by atomic mass is 16.5. The van der Waals surface area contributed by atoms with Crippen LogP contribution in [-0.4, -0.2) is 51.0 Å². The molecule has 0 atom stereocenters. The van der Waals surface area contributed by atoms with Crippen molar-refractivity contribution in [2.24, 2.45) is 0 Å². The molecule has 0 saturated carbocycles. The topological polar surface area (TPSA) is 79.8 Å². The van der Waals surface area contributed by atoms with Gasteiger partial charge in [-0.3, -0.25) is 0 Å². The Kier molecular flexibility index (Phi) is 9.02. The van der Waals surface area contributed by atoms with E-state index in [1.165, 1.54) is 0 Å². The molecule has 0 aromatic heterocycles. The van der Waals surface area contributed by atoms with E-state index in [-0.39, 0.29) is 5.56 Å². The number of ether oxygens (including phenoxy) is 2. The summed E-state index contributed by atoms with van der Waals surface area (Å²) in [6.45, 7) is 5.30. The number of hydrogen-bond donors (Lipinski definition) is 3. The predicted molar refractivity (Wildman–Crippen MR) is 87.0 cm³/mol. The molecule has 3 N–H and O–H groups in total. The molecule has 1 rings (SSSR count). The number of carboxylic acid groups (broad SMARTS) is 1. The summed E-state index contributed by atoms with van der Waals surface area (Å²) in [5, 5.41) is 15.3. The molecular weight excluding hydrogens is 284 g/mol. The maximum Gasteiger partial charge on any atom is 0.335 e. The molecule has 1 aromatic rings. The lowest BCUT2D eigenvalue weighted by molar-refractivity contribution is 0.0696. The third-order valence-electron chi connectivity index (χ3n) is 2.99. The lowest BCUT2D eigenvalue weighted by Gasteiger charge is -2.11. The van der Waals surface area contributed by atoms with Gasteiger partial charge in [-0.2, -0.15) is 0 Å². The normalized spacial score (nSPS) is 10.5. The highest BCUT2D eigenvalue weighted by molar-refractivity contribution is 5.89. The van der Waals surface area contributed by atoms with Crippen LogP contribution in [0.4, 0.5) is 5.69 Å². The van der Waals surface area contributed by atoms with E-state index in [2.05, 4.69) is 17.6 Å². The van der Waals surface area contributed by atoms with Gasteiger partial charge in [0.05, 0.1) is 25.4 Å². The Morgan fingerprint density at radius 1 is 1.18 bits per heavy atom. The van der Waals surface area contributed by atoms with Crippen molar-refractivity contribution in [1.29, 1.82) is 0 Å². The molecule has 6 heteroatoms. The molecule has 0 bridgehead atoms. The minimum absolute atomic E-state index is 0.215. The van der Waals surface area contributed by atoms with Gasteiger partial charge in [-0.05, 0) is 25.6 Å². The summed E-state index contributed by atoms with van der Waals surface area (Å²) >= 11 is 0. The molecule has 0 aliphatic heterocycles. The lowest BCUT2D eigenvalue weighted by Crippen LogP contribution is -2.17. The Bertz CT molecular complexity index is 452. The highest BCUT2D eigenvalue weighted by Crippen LogP contribution is 2.21. The first-order valence-corrected chi connectivity index (χ1v) is 7.64. The van der Waals surface area contributed by atoms with Crippen molar-refractivity contribution in [3.63, 3.8) is 0 Å². The van der Waals surface area contributed by atoms with Crippen molar-refractivity contribution in [3.8, 4) is 5.75 Å². The summed E-state index contributed by atoms with van der Waals surface area (Å²) in [5.41, 5.74) is 0.941. The van der Waals surface area contributed by atoms with Gasteiger partial charge in [-0.25, -0.2) is 4.79 Å². The molecule has 1 aromatic carbocycles. The molecule has 0 fully saturated rings. The molecular formula is C16H26N2O4. The summed E-state index contributed by atoms with van der Waals surface area (Å²) in [6.07, 6.45) is 1.98. The summed E-state index contributed by atoms with van der Waals surface area (Å²) in [6, 6.07) is 4.96. The zero-order chi connectivity index (χ0) is 16.2. The van der Waals surface area contributed by atoms with Gasteiger partial charge in [0, 0.05) is 24.8 Å². The molecule has 0 spiro atoms. The van der Waals surface area contributed by atoms with Gasteiger partial charge in [0.2, 0.25) is 0 Å². The van der Waals surface area contributed by atoms with Gasteiger partial charge >= 0.3 is 5.97 Å². The average Bonchev–Trinajstić information content (AvgIpc) is 2.51. The zero-order valence-electron chi connectivity index (χ0n) is 13.4. The third-order valence-corrected chi connectivity index (χ3v) is 2.99. The average molecular weight is 310 g/mol. The second kappa shape index (κ2) is 10.9. The highest BCUT2D eigenvalue weighted by Gasteiger charge is 2.08. The first kappa shape index (κ1) is 18.3. The fourth-order valence-corrected chi connectivity index (χ4v) is 1.79. The molecule has 0 aliphatic carbocycles. The molecule has 124 valence electrons. The van der Waals surface area contributed by atoms with Crippen LogP contribution in [0.15, 0.2) is 18.2 Å². The first-order chi connectivity index (χ1) is 10.7. The number of benzene rings is 1. The predicted octanol–water partition coefficient (Wildman–Crippen LogP) is 2.21. The van der Waals surface area contributed by atoms with Gasteiger partial charge in [0.1, 0.15) is 5.75 Å². The monoisotopic (exact) mass is 310 g/mol. The van der Waals surface area contributed by atoms with Crippen molar-refractivity contribution in [2.75, 3.05) is 45.3 Å². The smallest absolute Gasteiger partial charge is 0.335 e. The quantitative estimate of drug-likeness (QED) is 0.514. The SMILES string of the molecule is CCCCOc1cc(NCCOCCNC)cc(C(=O)O)c1. The first-order valence-electron chi connectivity index (χ1n) is 7.64. The molecule has 0 saturated heterocycles. The summed E-state index contributed by atoms with van der Waals surface area (Å²) < 4.78 is 11.0. The van der Waals surface area contributed by atoms with E-state index in [0.717, 1.165) is 25.1 Å². The van der Waals surface area contributed by atoms with E-state index in [1.54, 1.807) is 12.1 Å². The summed E-state index contributed by atoms with van der Waals surface area (Å²) in [4.78, 5) is 11.2. The van der Waals surface area contributed by atoms with Crippen LogP contribution in [0.3, 0.4) is 0 Å². The van der Waals surface area contributed by atoms with Gasteiger partial charge < -0.3 is 25.2 Å². The number of carboxylic acids is 1. The van der Waals surface area contributed by atoms with Crippen LogP contribution in [0.25, 0.3) is 0 Å². The van der Waals surface area contributed by atoms with Gasteiger partial charge in [0.25, 0.3) is 0 Å². The van der Waals surface area contributed by atoms with Crippen LogP contribution < -0.4 is 15.4 Å². The van der Waals surface area contributed by atoms with Crippen LogP contribution in [0.2, 0.25) is 0 Å². The molecule has 0 radical (unpaired) electrons. The molecule has 6 nitrogen and oxygen atoms in total. The van der Waals surface area contributed by atoms with Crippen molar-refractivity contribution in [3.05, 3.63) is 23.8 Å². The molecule has 0 unspecified atom stereocenters. The van der Waals surface area contributed by atoms with E-state index in [0.29, 0.717) is 32.1 Å². The van der Waals surface area contributed by atoms with Crippen molar-refractivity contribution in [2.45, 2.75) is 19.8 Å². The summed E-state index contributed by atoms with van der Waals surface area (Å²) in [5.74, 6) is -0.388. The number of hydrogen-bond acceptors (Lipinski definition) is 5. The van der Waals surface area contributed by atoms with Crippen molar-refractivity contribution in [1.82, 2.24) is 5.32 Å². The Balaban J connectivity index is 2.54. The number of carbonyl (C=O) groups is 1. The van der Waals surface area contributed by atoms with Crippen molar-refractivity contribution >= 4 is 11.7 Å². The number of unbranched alkanes of at least 4 members (excludes halogenated alkanes) is 1. The van der Waals surface area contributed by atoms with Crippen LogP contribution in [-0.2, 0) is 4.74 Å². The van der Waals surface area contributed by atoms with Gasteiger partial charge in [-0.15, -0.1) is 0 Å². The fraction of sp³-hybridized carbons (Fsp3) is 0.562. The zero-order valence-corrected chi connectivity index (χ0v) is 13.4. The summed E-state index contributed by atoms with van der Waals surface area (Å²) in [7, 11) is 1.87. The van der Waals surface area contributed by atoms with Crippen LogP contribution in [0.5, 0.6) is 5.75 Å². The van der Waals surface area contributed by atoms with Crippen LogP contribution in [0, 0.1) is 0 Å². The lowest BCUT2D eigenvalue weighted by atomic mass is 10.2.